The maximum atomic E-state index is 13.8. The predicted octanol–water partition coefficient (Wildman–Crippen LogP) is 6.10. The summed E-state index contributed by atoms with van der Waals surface area (Å²) in [7, 11) is -1.44. The fourth-order valence-corrected chi connectivity index (χ4v) is 8.09. The zero-order valence-corrected chi connectivity index (χ0v) is 30.5. The first-order valence-electron chi connectivity index (χ1n) is 17.8. The van der Waals surface area contributed by atoms with Crippen molar-refractivity contribution in [2.45, 2.75) is 68.0 Å². The standard InChI is InChI=1S/C37H40F6N8O3S/c38-36(39,40)25-50-23-29(20-45-50)34-33(37(41,42)43)21-44-35(47-34)46-30-10-12-51(13-11-30)55(54)32-5-1-3-26(19-32)22-48-14-16-49(17-15-48)31-8-6-27(7-9-31)28(24-53)4-2-18-52/h1,3,5-9,18-21,23-24,28,30H,2,4,10-17,22,25H2,(H,44,46,47). The van der Waals surface area contributed by atoms with Gasteiger partial charge in [0.05, 0.1) is 16.8 Å². The zero-order chi connectivity index (χ0) is 39.2. The number of aromatic nitrogens is 4. The van der Waals surface area contributed by atoms with Crippen molar-refractivity contribution in [3.8, 4) is 11.3 Å². The van der Waals surface area contributed by atoms with Crippen LogP contribution in [0.5, 0.6) is 0 Å². The average molecular weight is 791 g/mol. The second-order valence-corrected chi connectivity index (χ2v) is 15.1. The van der Waals surface area contributed by atoms with Crippen molar-refractivity contribution in [3.63, 3.8) is 0 Å². The number of nitrogens with one attached hydrogen (secondary N) is 1. The number of halogens is 6. The monoisotopic (exact) mass is 790 g/mol. The molecule has 55 heavy (non-hydrogen) atoms. The third-order valence-electron chi connectivity index (χ3n) is 9.69. The molecule has 0 saturated carbocycles. The van der Waals surface area contributed by atoms with Crippen molar-refractivity contribution in [1.82, 2.24) is 29.0 Å². The SMILES string of the molecule is O=CCCC(C=O)c1ccc(N2CCN(Cc3cccc(S(=O)N4CCC(Nc5ncc(C(F)(F)F)c(-c6cnn(CC(F)(F)F)c6)n5)CC4)c3)CC2)cc1. The third-order valence-corrected chi connectivity index (χ3v) is 11.2. The maximum absolute atomic E-state index is 13.8. The summed E-state index contributed by atoms with van der Waals surface area (Å²) < 4.78 is 95.8. The topological polar surface area (TPSA) is 117 Å². The van der Waals surface area contributed by atoms with E-state index in [1.165, 1.54) is 0 Å². The molecule has 2 atom stereocenters. The number of aldehydes is 2. The Morgan fingerprint density at radius 1 is 0.927 bits per heavy atom. The Morgan fingerprint density at radius 3 is 2.31 bits per heavy atom. The van der Waals surface area contributed by atoms with E-state index in [2.05, 4.69) is 30.2 Å². The summed E-state index contributed by atoms with van der Waals surface area (Å²) in [6.07, 6.45) is -3.51. The zero-order valence-electron chi connectivity index (χ0n) is 29.7. The molecule has 2 aromatic carbocycles. The van der Waals surface area contributed by atoms with E-state index in [1.807, 2.05) is 52.8 Å². The fraction of sp³-hybridized carbons (Fsp3) is 0.432. The van der Waals surface area contributed by atoms with Crippen LogP contribution in [0.25, 0.3) is 11.3 Å². The number of anilines is 2. The van der Waals surface area contributed by atoms with Crippen molar-refractivity contribution in [3.05, 3.63) is 83.8 Å². The summed E-state index contributed by atoms with van der Waals surface area (Å²) >= 11 is 0. The van der Waals surface area contributed by atoms with E-state index in [-0.39, 0.29) is 23.5 Å². The summed E-state index contributed by atoms with van der Waals surface area (Å²) in [6, 6.07) is 15.4. The highest BCUT2D eigenvalue weighted by atomic mass is 32.2. The van der Waals surface area contributed by atoms with E-state index in [0.717, 1.165) is 68.0 Å². The number of hydrogen-bond donors (Lipinski definition) is 1. The van der Waals surface area contributed by atoms with E-state index in [1.54, 1.807) is 0 Å². The van der Waals surface area contributed by atoms with Crippen LogP contribution < -0.4 is 10.2 Å². The molecule has 11 nitrogen and oxygen atoms in total. The van der Waals surface area contributed by atoms with E-state index < -0.39 is 41.1 Å². The maximum Gasteiger partial charge on any atom is 0.419 e. The van der Waals surface area contributed by atoms with E-state index in [9.17, 15) is 40.1 Å². The normalized spacial score (nSPS) is 17.5. The molecule has 6 rings (SSSR count). The molecule has 0 spiro atoms. The van der Waals surface area contributed by atoms with E-state index >= 15 is 0 Å². The van der Waals surface area contributed by atoms with Crippen molar-refractivity contribution in [2.75, 3.05) is 49.5 Å². The van der Waals surface area contributed by atoms with Crippen LogP contribution in [-0.2, 0) is 39.8 Å². The van der Waals surface area contributed by atoms with Crippen molar-refractivity contribution >= 4 is 35.2 Å². The molecule has 294 valence electrons. The van der Waals surface area contributed by atoms with Crippen LogP contribution in [0.1, 0.15) is 48.3 Å². The Balaban J connectivity index is 1.00. The largest absolute Gasteiger partial charge is 0.419 e. The lowest BCUT2D eigenvalue weighted by atomic mass is 9.95. The summed E-state index contributed by atoms with van der Waals surface area (Å²) in [4.78, 5) is 35.4. The number of piperazine rings is 1. The average Bonchev–Trinajstić information content (AvgIpc) is 3.62. The molecule has 4 aromatic rings. The number of alkyl halides is 6. The first kappa shape index (κ1) is 40.0. The van der Waals surface area contributed by atoms with Crippen LogP contribution in [0.2, 0.25) is 0 Å². The van der Waals surface area contributed by atoms with E-state index in [4.69, 9.17) is 0 Å². The van der Waals surface area contributed by atoms with Gasteiger partial charge in [0, 0.05) is 87.8 Å². The lowest BCUT2D eigenvalue weighted by molar-refractivity contribution is -0.142. The Bertz CT molecular complexity index is 1940. The second-order valence-electron chi connectivity index (χ2n) is 13.6. The van der Waals surface area contributed by atoms with Gasteiger partial charge >= 0.3 is 12.4 Å². The van der Waals surface area contributed by atoms with E-state index in [0.29, 0.717) is 61.1 Å². The minimum absolute atomic E-state index is 0.104. The molecule has 4 heterocycles. The highest BCUT2D eigenvalue weighted by Gasteiger charge is 2.37. The summed E-state index contributed by atoms with van der Waals surface area (Å²) in [5.74, 6) is -0.394. The van der Waals surface area contributed by atoms with Crippen molar-refractivity contribution < 1.29 is 40.1 Å². The number of carbonyl (C=O) groups excluding carboxylic acids is 2. The van der Waals surface area contributed by atoms with Crippen molar-refractivity contribution in [2.24, 2.45) is 0 Å². The van der Waals surface area contributed by atoms with Gasteiger partial charge in [-0.2, -0.15) is 31.4 Å². The molecule has 0 bridgehead atoms. The van der Waals surface area contributed by atoms with Gasteiger partial charge in [-0.3, -0.25) is 9.58 Å². The minimum Gasteiger partial charge on any atom is -0.369 e. The van der Waals surface area contributed by atoms with Crippen molar-refractivity contribution in [1.29, 1.82) is 0 Å². The summed E-state index contributed by atoms with van der Waals surface area (Å²) in [5, 5.41) is 6.60. The van der Waals surface area contributed by atoms with Gasteiger partial charge in [-0.1, -0.05) is 24.3 Å². The number of benzene rings is 2. The molecule has 2 fully saturated rings. The molecule has 2 saturated heterocycles. The lowest BCUT2D eigenvalue weighted by Gasteiger charge is -2.36. The van der Waals surface area contributed by atoms with Gasteiger partial charge in [-0.15, -0.1) is 0 Å². The second kappa shape index (κ2) is 17.4. The smallest absolute Gasteiger partial charge is 0.369 e. The molecule has 2 aromatic heterocycles. The molecule has 2 aliphatic rings. The summed E-state index contributed by atoms with van der Waals surface area (Å²) in [5.41, 5.74) is 1.02. The lowest BCUT2D eigenvalue weighted by Crippen LogP contribution is -2.46. The Morgan fingerprint density at radius 2 is 1.65 bits per heavy atom. The molecule has 0 radical (unpaired) electrons. The van der Waals surface area contributed by atoms with Gasteiger partial charge in [0.2, 0.25) is 5.95 Å². The highest BCUT2D eigenvalue weighted by molar-refractivity contribution is 7.82. The van der Waals surface area contributed by atoms with Crippen LogP contribution in [0.3, 0.4) is 0 Å². The van der Waals surface area contributed by atoms with Gasteiger partial charge in [0.15, 0.2) is 0 Å². The minimum atomic E-state index is -4.85. The highest BCUT2D eigenvalue weighted by Crippen LogP contribution is 2.36. The molecule has 0 aliphatic carbocycles. The van der Waals surface area contributed by atoms with Gasteiger partial charge in [0.1, 0.15) is 35.7 Å². The van der Waals surface area contributed by atoms with Gasteiger partial charge in [-0.25, -0.2) is 18.5 Å². The van der Waals surface area contributed by atoms with Crippen LogP contribution in [0, 0.1) is 0 Å². The Hall–Kier alpha value is -4.68. The number of nitrogens with zero attached hydrogens (tertiary/aromatic N) is 7. The summed E-state index contributed by atoms with van der Waals surface area (Å²) in [6.45, 7) is 3.41. The van der Waals surface area contributed by atoms with Gasteiger partial charge in [-0.05, 0) is 54.7 Å². The number of hydrogen-bond acceptors (Lipinski definition) is 9. The first-order valence-corrected chi connectivity index (χ1v) is 18.9. The molecule has 2 aliphatic heterocycles. The molecular formula is C37H40F6N8O3S. The fourth-order valence-electron chi connectivity index (χ4n) is 6.80. The Kier molecular flexibility index (Phi) is 12.7. The number of rotatable bonds is 14. The number of piperidine rings is 1. The van der Waals surface area contributed by atoms with Crippen LogP contribution in [0.15, 0.2) is 72.0 Å². The molecule has 18 heteroatoms. The molecule has 1 N–H and O–H groups in total. The first-order chi connectivity index (χ1) is 26.3. The van der Waals surface area contributed by atoms with Gasteiger partial charge < -0.3 is 19.8 Å². The molecule has 0 amide bonds. The molecule has 2 unspecified atom stereocenters. The third kappa shape index (κ3) is 10.5. The van der Waals surface area contributed by atoms with Crippen LogP contribution >= 0.6 is 0 Å². The molecular weight excluding hydrogens is 751 g/mol. The van der Waals surface area contributed by atoms with Gasteiger partial charge in [0.25, 0.3) is 0 Å². The van der Waals surface area contributed by atoms with Crippen LogP contribution in [-0.4, -0.2) is 97.2 Å². The quantitative estimate of drug-likeness (QED) is 0.120. The van der Waals surface area contributed by atoms with Crippen LogP contribution in [0.4, 0.5) is 38.0 Å². The number of carbonyl (C=O) groups is 2. The predicted molar refractivity (Wildman–Crippen MR) is 193 cm³/mol. The Labute approximate surface area is 316 Å².